The largest absolute Gasteiger partial charge is 0.508 e. The summed E-state index contributed by atoms with van der Waals surface area (Å²) in [5, 5.41) is 17.0. The van der Waals surface area contributed by atoms with Crippen LogP contribution in [0.15, 0.2) is 58.5 Å². The van der Waals surface area contributed by atoms with Crippen molar-refractivity contribution < 1.29 is 13.9 Å². The molecule has 0 saturated carbocycles. The maximum atomic E-state index is 14.2. The molecule has 4 rings (SSSR count). The van der Waals surface area contributed by atoms with Crippen molar-refractivity contribution in [2.45, 2.75) is 37.1 Å². The van der Waals surface area contributed by atoms with Crippen LogP contribution in [0.4, 0.5) is 8.78 Å². The van der Waals surface area contributed by atoms with E-state index in [0.717, 1.165) is 17.0 Å². The quantitative estimate of drug-likeness (QED) is 0.258. The Morgan fingerprint density at radius 3 is 2.45 bits per heavy atom. The lowest BCUT2D eigenvalue weighted by Crippen LogP contribution is -2.20. The first-order valence-electron chi connectivity index (χ1n) is 10.3. The fourth-order valence-electron chi connectivity index (χ4n) is 3.54. The molecule has 0 atom stereocenters. The molecule has 0 aliphatic heterocycles. The minimum absolute atomic E-state index is 0.111. The summed E-state index contributed by atoms with van der Waals surface area (Å²) in [5.74, 6) is -0.871. The summed E-state index contributed by atoms with van der Waals surface area (Å²) in [6.45, 7) is 3.69. The van der Waals surface area contributed by atoms with Gasteiger partial charge >= 0.3 is 0 Å². The molecule has 170 valence electrons. The van der Waals surface area contributed by atoms with Gasteiger partial charge in [-0.25, -0.2) is 13.8 Å². The normalized spacial score (nSPS) is 11.3. The van der Waals surface area contributed by atoms with E-state index in [-0.39, 0.29) is 29.2 Å². The fourth-order valence-corrected chi connectivity index (χ4v) is 4.31. The van der Waals surface area contributed by atoms with Gasteiger partial charge in [0.1, 0.15) is 17.4 Å². The summed E-state index contributed by atoms with van der Waals surface area (Å²) in [5.41, 5.74) is 2.72. The molecule has 0 spiro atoms. The number of nitrogens with zero attached hydrogens (tertiary/aromatic N) is 2. The van der Waals surface area contributed by atoms with E-state index in [1.54, 1.807) is 24.3 Å². The minimum atomic E-state index is -0.666. The molecule has 2 aromatic carbocycles. The number of aromatic amines is 2. The smallest absolute Gasteiger partial charge is 0.255 e. The lowest BCUT2D eigenvalue weighted by atomic mass is 9.98. The number of thioether (sulfide) groups is 1. The Labute approximate surface area is 193 Å². The molecule has 0 bridgehead atoms. The van der Waals surface area contributed by atoms with Crippen LogP contribution in [0.25, 0.3) is 11.3 Å². The first-order valence-corrected chi connectivity index (χ1v) is 11.3. The van der Waals surface area contributed by atoms with Crippen LogP contribution in [0.5, 0.6) is 5.75 Å². The number of halogens is 2. The predicted octanol–water partition coefficient (Wildman–Crippen LogP) is 5.15. The van der Waals surface area contributed by atoms with Crippen molar-refractivity contribution in [3.05, 3.63) is 93.0 Å². The molecule has 2 heterocycles. The van der Waals surface area contributed by atoms with Gasteiger partial charge in [0.05, 0.1) is 11.4 Å². The third-order valence-corrected chi connectivity index (χ3v) is 6.08. The third kappa shape index (κ3) is 5.14. The molecule has 2 aromatic heterocycles. The highest BCUT2D eigenvalue weighted by Crippen LogP contribution is 2.26. The second-order valence-electron chi connectivity index (χ2n) is 7.88. The van der Waals surface area contributed by atoms with Crippen LogP contribution in [0.3, 0.4) is 0 Å². The molecule has 0 saturated heterocycles. The summed E-state index contributed by atoms with van der Waals surface area (Å²) in [6, 6.07) is 12.3. The lowest BCUT2D eigenvalue weighted by Gasteiger charge is -2.13. The molecule has 4 aromatic rings. The van der Waals surface area contributed by atoms with Crippen molar-refractivity contribution in [1.82, 2.24) is 20.2 Å². The van der Waals surface area contributed by atoms with Gasteiger partial charge in [0, 0.05) is 34.6 Å². The van der Waals surface area contributed by atoms with Gasteiger partial charge in [0.2, 0.25) is 0 Å². The maximum Gasteiger partial charge on any atom is 0.255 e. The number of benzene rings is 2. The van der Waals surface area contributed by atoms with E-state index in [9.17, 15) is 18.7 Å². The average Bonchev–Trinajstić information content (AvgIpc) is 3.24. The van der Waals surface area contributed by atoms with Gasteiger partial charge in [0.15, 0.2) is 5.16 Å². The van der Waals surface area contributed by atoms with Crippen LogP contribution in [0, 0.1) is 11.6 Å². The van der Waals surface area contributed by atoms with Crippen LogP contribution in [-0.2, 0) is 12.2 Å². The number of H-pyrrole nitrogens is 2. The molecular formula is C24H22F2N4O2S. The number of phenols is 1. The monoisotopic (exact) mass is 468 g/mol. The first-order chi connectivity index (χ1) is 15.8. The number of rotatable bonds is 7. The van der Waals surface area contributed by atoms with E-state index < -0.39 is 11.6 Å². The Balaban J connectivity index is 1.57. The molecule has 0 aliphatic carbocycles. The molecule has 6 nitrogen and oxygen atoms in total. The summed E-state index contributed by atoms with van der Waals surface area (Å²) in [7, 11) is 0. The molecule has 33 heavy (non-hydrogen) atoms. The minimum Gasteiger partial charge on any atom is -0.508 e. The lowest BCUT2D eigenvalue weighted by molar-refractivity contribution is 0.475. The average molecular weight is 469 g/mol. The van der Waals surface area contributed by atoms with E-state index in [0.29, 0.717) is 22.2 Å². The van der Waals surface area contributed by atoms with Crippen LogP contribution < -0.4 is 5.56 Å². The van der Waals surface area contributed by atoms with Gasteiger partial charge < -0.3 is 10.1 Å². The number of hydrogen-bond acceptors (Lipinski definition) is 5. The number of hydrogen-bond donors (Lipinski definition) is 3. The standard InChI is InChI=1S/C24H22F2N4O2S/c1-13(2)22-21(11-17-18(25)4-3-5-19(17)26)27-24(28-23(22)32)33-12-15-10-20(30-29-15)14-6-8-16(31)9-7-14/h3-10,13,31H,11-12H2,1-2H3,(H,29,30)(H,27,28,32). The maximum absolute atomic E-state index is 14.2. The summed E-state index contributed by atoms with van der Waals surface area (Å²) in [4.78, 5) is 20.1. The van der Waals surface area contributed by atoms with E-state index in [2.05, 4.69) is 20.2 Å². The van der Waals surface area contributed by atoms with E-state index in [1.165, 1.54) is 30.0 Å². The van der Waals surface area contributed by atoms with Crippen molar-refractivity contribution in [2.24, 2.45) is 0 Å². The van der Waals surface area contributed by atoms with Gasteiger partial charge in [0.25, 0.3) is 5.56 Å². The molecule has 0 amide bonds. The highest BCUT2D eigenvalue weighted by molar-refractivity contribution is 7.98. The van der Waals surface area contributed by atoms with Crippen molar-refractivity contribution >= 4 is 11.8 Å². The Hall–Kier alpha value is -3.46. The van der Waals surface area contributed by atoms with Crippen LogP contribution >= 0.6 is 11.8 Å². The topological polar surface area (TPSA) is 94.7 Å². The first kappa shape index (κ1) is 22.7. The second-order valence-corrected chi connectivity index (χ2v) is 8.84. The summed E-state index contributed by atoms with van der Waals surface area (Å²) >= 11 is 1.29. The Bertz CT molecular complexity index is 1310. The zero-order chi connectivity index (χ0) is 23.5. The highest BCUT2D eigenvalue weighted by Gasteiger charge is 2.19. The van der Waals surface area contributed by atoms with Crippen molar-refractivity contribution in [1.29, 1.82) is 0 Å². The van der Waals surface area contributed by atoms with Crippen molar-refractivity contribution in [3.8, 4) is 17.0 Å². The number of nitrogens with one attached hydrogen (secondary N) is 2. The number of phenolic OH excluding ortho intramolecular Hbond substituents is 1. The van der Waals surface area contributed by atoms with Gasteiger partial charge in [-0.2, -0.15) is 5.10 Å². The molecule has 3 N–H and O–H groups in total. The van der Waals surface area contributed by atoms with Crippen molar-refractivity contribution in [3.63, 3.8) is 0 Å². The van der Waals surface area contributed by atoms with Crippen LogP contribution in [-0.4, -0.2) is 25.3 Å². The molecular weight excluding hydrogens is 446 g/mol. The summed E-state index contributed by atoms with van der Waals surface area (Å²) in [6.07, 6.45) is -0.113. The highest BCUT2D eigenvalue weighted by atomic mass is 32.2. The van der Waals surface area contributed by atoms with E-state index in [1.807, 2.05) is 19.9 Å². The number of aromatic nitrogens is 4. The fraction of sp³-hybridized carbons (Fsp3) is 0.208. The van der Waals surface area contributed by atoms with Crippen LogP contribution in [0.1, 0.15) is 42.3 Å². The van der Waals surface area contributed by atoms with Crippen LogP contribution in [0.2, 0.25) is 0 Å². The van der Waals surface area contributed by atoms with E-state index in [4.69, 9.17) is 0 Å². The van der Waals surface area contributed by atoms with E-state index >= 15 is 0 Å². The van der Waals surface area contributed by atoms with Gasteiger partial charge in [-0.1, -0.05) is 31.7 Å². The Morgan fingerprint density at radius 1 is 1.09 bits per heavy atom. The molecule has 0 radical (unpaired) electrons. The SMILES string of the molecule is CC(C)c1c(Cc2c(F)cccc2F)nc(SCc2cc(-c3ccc(O)cc3)n[nH]2)[nH]c1=O. The van der Waals surface area contributed by atoms with Gasteiger partial charge in [-0.05, 0) is 48.4 Å². The number of aromatic hydroxyl groups is 1. The van der Waals surface area contributed by atoms with Gasteiger partial charge in [-0.3, -0.25) is 9.89 Å². The Morgan fingerprint density at radius 2 is 1.79 bits per heavy atom. The zero-order valence-corrected chi connectivity index (χ0v) is 18.8. The Kier molecular flexibility index (Phi) is 6.60. The molecule has 0 fully saturated rings. The third-order valence-electron chi connectivity index (χ3n) is 5.15. The second kappa shape index (κ2) is 9.58. The predicted molar refractivity (Wildman–Crippen MR) is 123 cm³/mol. The molecule has 0 aliphatic rings. The van der Waals surface area contributed by atoms with Crippen molar-refractivity contribution in [2.75, 3.05) is 0 Å². The zero-order valence-electron chi connectivity index (χ0n) is 18.0. The summed E-state index contributed by atoms with van der Waals surface area (Å²) < 4.78 is 28.4. The van der Waals surface area contributed by atoms with Gasteiger partial charge in [-0.15, -0.1) is 0 Å². The molecule has 9 heteroatoms. The molecule has 0 unspecified atom stereocenters.